The molecule has 0 atom stereocenters. The molecule has 10 heavy (non-hydrogen) atoms. The number of hydrogen-bond acceptors (Lipinski definition) is 4. The zero-order valence-corrected chi connectivity index (χ0v) is 5.76. The Balaban J connectivity index is -0.0000000910. The van der Waals surface area contributed by atoms with Crippen molar-refractivity contribution < 1.29 is 48.4 Å². The van der Waals surface area contributed by atoms with Crippen molar-refractivity contribution in [1.82, 2.24) is 0 Å². The Kier molecular flexibility index (Phi) is 11.6. The molecule has 0 amide bonds. The smallest absolute Gasteiger partial charge is 0.756 e. The van der Waals surface area contributed by atoms with Crippen LogP contribution in [-0.2, 0) is 4.57 Å². The quantitative estimate of drug-likeness (QED) is 0.142. The van der Waals surface area contributed by atoms with Gasteiger partial charge in [0.05, 0.1) is 0 Å². The van der Waals surface area contributed by atoms with Gasteiger partial charge in [0.1, 0.15) is 0 Å². The number of rotatable bonds is 0. The summed E-state index contributed by atoms with van der Waals surface area (Å²) in [4.78, 5) is 31.3. The van der Waals surface area contributed by atoms with Crippen molar-refractivity contribution in [2.45, 2.75) is 0 Å². The zero-order chi connectivity index (χ0) is 8.08. The molecule has 0 unspecified atom stereocenters. The third-order valence-electron chi connectivity index (χ3n) is 0. The van der Waals surface area contributed by atoms with Crippen molar-refractivity contribution in [2.75, 3.05) is 0 Å². The molecule has 0 aromatic heterocycles. The van der Waals surface area contributed by atoms with Crippen molar-refractivity contribution in [3.63, 3.8) is 0 Å². The van der Waals surface area contributed by atoms with Crippen molar-refractivity contribution in [3.05, 3.63) is 10.1 Å². The fourth-order valence-corrected chi connectivity index (χ4v) is 0. The van der Waals surface area contributed by atoms with Gasteiger partial charge in [0.2, 0.25) is 0 Å². The number of nitrogens with zero attached hydrogens (tertiary/aromatic N) is 1. The first-order valence-corrected chi connectivity index (χ1v) is 2.86. The molecule has 0 spiro atoms. The topological polar surface area (TPSA) is 144 Å². The van der Waals surface area contributed by atoms with Gasteiger partial charge in [-0.2, -0.15) is 0 Å². The van der Waals surface area contributed by atoms with E-state index in [0.717, 1.165) is 0 Å². The van der Waals surface area contributed by atoms with Crippen molar-refractivity contribution in [2.24, 2.45) is 0 Å². The largest absolute Gasteiger partial charge is 1.00 e. The van der Waals surface area contributed by atoms with Crippen LogP contribution in [0, 0.1) is 10.1 Å². The van der Waals surface area contributed by atoms with E-state index >= 15 is 0 Å². The predicted octanol–water partition coefficient (Wildman–Crippen LogP) is -4.90. The van der Waals surface area contributed by atoms with E-state index in [1.807, 2.05) is 0 Å². The molecule has 0 saturated carbocycles. The van der Waals surface area contributed by atoms with Gasteiger partial charge in [0.15, 0.2) is 0 Å². The Morgan fingerprint density at radius 2 is 1.40 bits per heavy atom. The summed E-state index contributed by atoms with van der Waals surface area (Å²) >= 11 is 0. The SMILES string of the molecule is O=P([O-])(O)O.O=[N+]([O-])O.[Li+]. The van der Waals surface area contributed by atoms with E-state index in [1.54, 1.807) is 0 Å². The average Bonchev–Trinajstić information content (AvgIpc) is 1.19. The summed E-state index contributed by atoms with van der Waals surface area (Å²) in [6.45, 7) is 0. The maximum Gasteiger partial charge on any atom is 1.00 e. The summed E-state index contributed by atoms with van der Waals surface area (Å²) in [6.07, 6.45) is 0. The molecule has 0 rings (SSSR count). The fraction of sp³-hybridized carbons (Fsp3) is 0. The molecule has 3 N–H and O–H groups in total. The van der Waals surface area contributed by atoms with Gasteiger partial charge in [0, 0.05) is 0 Å². The molecule has 8 nitrogen and oxygen atoms in total. The Labute approximate surface area is 67.0 Å². The van der Waals surface area contributed by atoms with Crippen LogP contribution in [-0.4, -0.2) is 20.1 Å². The second-order valence-electron chi connectivity index (χ2n) is 0.728. The van der Waals surface area contributed by atoms with Gasteiger partial charge in [-0.3, -0.25) is 4.57 Å². The first kappa shape index (κ1) is 16.5. The molecule has 0 aliphatic carbocycles. The molecule has 0 bridgehead atoms. The van der Waals surface area contributed by atoms with Gasteiger partial charge < -0.3 is 19.9 Å². The first-order valence-electron chi connectivity index (χ1n) is 1.33. The molecule has 0 radical (unpaired) electrons. The monoisotopic (exact) mass is 167 g/mol. The van der Waals surface area contributed by atoms with E-state index in [0.29, 0.717) is 0 Å². The van der Waals surface area contributed by atoms with Crippen LogP contribution in [0.4, 0.5) is 0 Å². The maximum absolute atomic E-state index is 8.77. The van der Waals surface area contributed by atoms with Crippen molar-refractivity contribution >= 4 is 7.82 Å². The Hall–Kier alpha value is -0.0926. The summed E-state index contributed by atoms with van der Waals surface area (Å²) in [5.74, 6) is 0. The molecule has 0 heterocycles. The van der Waals surface area contributed by atoms with Crippen LogP contribution in [0.25, 0.3) is 0 Å². The number of phosphoric acid groups is 1. The average molecular weight is 167 g/mol. The normalized spacial score (nSPS) is 8.30. The van der Waals surface area contributed by atoms with Crippen molar-refractivity contribution in [3.8, 4) is 0 Å². The van der Waals surface area contributed by atoms with Crippen LogP contribution < -0.4 is 23.8 Å². The Morgan fingerprint density at radius 1 is 1.40 bits per heavy atom. The van der Waals surface area contributed by atoms with Gasteiger partial charge in [0.25, 0.3) is 12.9 Å². The van der Waals surface area contributed by atoms with Gasteiger partial charge in [-0.25, -0.2) is 0 Å². The Bertz CT molecular complexity index is 113. The molecule has 0 fully saturated rings. The van der Waals surface area contributed by atoms with E-state index in [4.69, 9.17) is 34.6 Å². The summed E-state index contributed by atoms with van der Waals surface area (Å²) in [5.41, 5.74) is 0. The van der Waals surface area contributed by atoms with Crippen LogP contribution in [0.3, 0.4) is 0 Å². The van der Waals surface area contributed by atoms with Gasteiger partial charge >= 0.3 is 18.9 Å². The van der Waals surface area contributed by atoms with Crippen LogP contribution in [0.5, 0.6) is 0 Å². The first-order chi connectivity index (χ1) is 3.73. The second-order valence-corrected chi connectivity index (χ2v) is 1.71. The van der Waals surface area contributed by atoms with Crippen LogP contribution >= 0.6 is 7.82 Å². The second kappa shape index (κ2) is 7.02. The van der Waals surface area contributed by atoms with Crippen molar-refractivity contribution in [1.29, 1.82) is 0 Å². The van der Waals surface area contributed by atoms with Crippen LogP contribution in [0.2, 0.25) is 0 Å². The summed E-state index contributed by atoms with van der Waals surface area (Å²) in [7, 11) is -4.89. The molecule has 0 saturated heterocycles. The summed E-state index contributed by atoms with van der Waals surface area (Å²) < 4.78 is 8.77. The maximum atomic E-state index is 8.77. The molecule has 0 aromatic rings. The molecule has 10 heteroatoms. The van der Waals surface area contributed by atoms with Crippen LogP contribution in [0.1, 0.15) is 0 Å². The van der Waals surface area contributed by atoms with E-state index < -0.39 is 12.9 Å². The van der Waals surface area contributed by atoms with Gasteiger partial charge in [-0.05, 0) is 0 Å². The fourth-order valence-electron chi connectivity index (χ4n) is 0. The third-order valence-corrected chi connectivity index (χ3v) is 0. The van der Waals surface area contributed by atoms with E-state index in [9.17, 15) is 0 Å². The molecule has 0 aliphatic rings. The summed E-state index contributed by atoms with van der Waals surface area (Å²) in [5, 5.41) is 13.6. The van der Waals surface area contributed by atoms with Gasteiger partial charge in [-0.15, -0.1) is 10.1 Å². The predicted molar refractivity (Wildman–Crippen MR) is 20.8 cm³/mol. The van der Waals surface area contributed by atoms with E-state index in [1.165, 1.54) is 0 Å². The Morgan fingerprint density at radius 3 is 1.40 bits per heavy atom. The third kappa shape index (κ3) is 44000. The summed E-state index contributed by atoms with van der Waals surface area (Å²) in [6, 6.07) is 0. The van der Waals surface area contributed by atoms with Gasteiger partial charge in [-0.1, -0.05) is 0 Å². The molecule has 0 aromatic carbocycles. The standard InChI is InChI=1S/Li.HNO3.H3O4P/c;2-1(3)4;1-5(2,3)4/h;(H,2,3,4);(H3,1,2,3,4)/q+1;;/p-1. The van der Waals surface area contributed by atoms with E-state index in [-0.39, 0.29) is 18.9 Å². The van der Waals surface area contributed by atoms with E-state index in [2.05, 4.69) is 0 Å². The molecule has 0 aliphatic heterocycles. The minimum Gasteiger partial charge on any atom is -0.756 e. The number of hydrogen-bond donors (Lipinski definition) is 3. The molecular formula is H3LiNO7P. The zero-order valence-electron chi connectivity index (χ0n) is 4.87. The molecule has 56 valence electrons. The molecular weight excluding hydrogens is 164 g/mol. The van der Waals surface area contributed by atoms with Crippen LogP contribution in [0.15, 0.2) is 0 Å². The minimum absolute atomic E-state index is 0. The minimum atomic E-state index is -4.89.